The molecule has 2 unspecified atom stereocenters. The van der Waals surface area contributed by atoms with Gasteiger partial charge in [0.25, 0.3) is 0 Å². The monoisotopic (exact) mass is 417 g/mol. The molecular formula is C23H32ClN3O2. The largest absolute Gasteiger partial charge is 0.394 e. The highest BCUT2D eigenvalue weighted by Crippen LogP contribution is 2.36. The van der Waals surface area contributed by atoms with Crippen LogP contribution < -0.4 is 0 Å². The maximum absolute atomic E-state index is 9.66. The number of benzene rings is 1. The molecule has 2 heterocycles. The van der Waals surface area contributed by atoms with Crippen LogP contribution in [0.1, 0.15) is 48.6 Å². The number of aliphatic hydroxyl groups is 1. The highest BCUT2D eigenvalue weighted by molar-refractivity contribution is 6.30. The first-order valence-electron chi connectivity index (χ1n) is 10.8. The summed E-state index contributed by atoms with van der Waals surface area (Å²) in [6.07, 6.45) is 5.58. The van der Waals surface area contributed by atoms with Crippen molar-refractivity contribution in [1.29, 1.82) is 0 Å². The minimum atomic E-state index is -0.0763. The van der Waals surface area contributed by atoms with Crippen molar-refractivity contribution >= 4 is 11.6 Å². The third-order valence-electron chi connectivity index (χ3n) is 6.71. The highest BCUT2D eigenvalue weighted by Gasteiger charge is 2.36. The average molecular weight is 418 g/mol. The Morgan fingerprint density at radius 2 is 1.90 bits per heavy atom. The first-order chi connectivity index (χ1) is 14.0. The van der Waals surface area contributed by atoms with E-state index in [1.807, 2.05) is 23.9 Å². The lowest BCUT2D eigenvalue weighted by atomic mass is 9.82. The third kappa shape index (κ3) is 4.85. The van der Waals surface area contributed by atoms with E-state index < -0.39 is 0 Å². The van der Waals surface area contributed by atoms with Gasteiger partial charge in [-0.3, -0.25) is 9.58 Å². The standard InChI is InChI=1S/C23H32ClN3O2/c1-16-11-23(25-26(16)2)18-5-9-20(10-6-18)27-13-22(14-28)29-15-21(27)12-17-3-7-19(24)8-4-17/h3-4,7-8,11,18,20-22,28H,5-6,9-10,12-15H2,1-2H3. The third-order valence-corrected chi connectivity index (χ3v) is 6.96. The zero-order chi connectivity index (χ0) is 20.4. The Morgan fingerprint density at radius 3 is 2.52 bits per heavy atom. The molecule has 1 N–H and O–H groups in total. The quantitative estimate of drug-likeness (QED) is 0.805. The molecule has 1 saturated carbocycles. The van der Waals surface area contributed by atoms with Gasteiger partial charge >= 0.3 is 0 Å². The Bertz CT molecular complexity index is 779. The molecule has 2 atom stereocenters. The topological polar surface area (TPSA) is 50.5 Å². The van der Waals surface area contributed by atoms with Crippen molar-refractivity contribution in [1.82, 2.24) is 14.7 Å². The van der Waals surface area contributed by atoms with E-state index >= 15 is 0 Å². The van der Waals surface area contributed by atoms with Gasteiger partial charge in [-0.2, -0.15) is 5.10 Å². The van der Waals surface area contributed by atoms with Gasteiger partial charge in [0, 0.05) is 42.3 Å². The van der Waals surface area contributed by atoms with Gasteiger partial charge in [-0.05, 0) is 62.8 Å². The van der Waals surface area contributed by atoms with E-state index in [1.54, 1.807) is 0 Å². The molecule has 5 nitrogen and oxygen atoms in total. The van der Waals surface area contributed by atoms with Crippen LogP contribution in [0.5, 0.6) is 0 Å². The summed E-state index contributed by atoms with van der Waals surface area (Å²) < 4.78 is 7.92. The number of aromatic nitrogens is 2. The van der Waals surface area contributed by atoms with Crippen molar-refractivity contribution in [3.05, 3.63) is 52.3 Å². The van der Waals surface area contributed by atoms with Crippen LogP contribution in [0.4, 0.5) is 0 Å². The average Bonchev–Trinajstić information content (AvgIpc) is 3.08. The molecule has 1 aromatic carbocycles. The summed E-state index contributed by atoms with van der Waals surface area (Å²) in [7, 11) is 2.02. The maximum Gasteiger partial charge on any atom is 0.0933 e. The van der Waals surface area contributed by atoms with Gasteiger partial charge in [-0.1, -0.05) is 23.7 Å². The summed E-state index contributed by atoms with van der Waals surface area (Å²) in [5.41, 5.74) is 3.76. The lowest BCUT2D eigenvalue weighted by Gasteiger charge is -2.46. The summed E-state index contributed by atoms with van der Waals surface area (Å²) in [6.45, 7) is 3.69. The molecule has 2 aromatic rings. The van der Waals surface area contributed by atoms with Gasteiger partial charge in [0.05, 0.1) is 25.0 Å². The van der Waals surface area contributed by atoms with Gasteiger partial charge in [0.2, 0.25) is 0 Å². The van der Waals surface area contributed by atoms with Crippen LogP contribution in [0.2, 0.25) is 5.02 Å². The molecule has 0 amide bonds. The number of halogens is 1. The molecule has 1 aliphatic heterocycles. The predicted molar refractivity (Wildman–Crippen MR) is 115 cm³/mol. The second kappa shape index (κ2) is 9.17. The van der Waals surface area contributed by atoms with Crippen LogP contribution in [-0.2, 0) is 18.2 Å². The fourth-order valence-electron chi connectivity index (χ4n) is 4.90. The van der Waals surface area contributed by atoms with Crippen LogP contribution in [0, 0.1) is 6.92 Å². The number of nitrogens with zero attached hydrogens (tertiary/aromatic N) is 3. The number of rotatable bonds is 5. The predicted octanol–water partition coefficient (Wildman–Crippen LogP) is 3.71. The Morgan fingerprint density at radius 1 is 1.17 bits per heavy atom. The molecule has 4 rings (SSSR count). The number of hydrogen-bond acceptors (Lipinski definition) is 4. The molecule has 0 bridgehead atoms. The number of aliphatic hydroxyl groups excluding tert-OH is 1. The summed E-state index contributed by atoms with van der Waals surface area (Å²) in [6, 6.07) is 11.3. The fourth-order valence-corrected chi connectivity index (χ4v) is 5.02. The van der Waals surface area contributed by atoms with Crippen LogP contribution in [-0.4, -0.2) is 57.7 Å². The molecule has 1 aromatic heterocycles. The van der Waals surface area contributed by atoms with Gasteiger partial charge in [-0.15, -0.1) is 0 Å². The molecule has 158 valence electrons. The zero-order valence-corrected chi connectivity index (χ0v) is 18.2. The fraction of sp³-hybridized carbons (Fsp3) is 0.609. The van der Waals surface area contributed by atoms with E-state index in [0.717, 1.165) is 18.0 Å². The van der Waals surface area contributed by atoms with Crippen molar-refractivity contribution < 1.29 is 9.84 Å². The van der Waals surface area contributed by atoms with Crippen LogP contribution >= 0.6 is 11.6 Å². The van der Waals surface area contributed by atoms with Gasteiger partial charge in [0.1, 0.15) is 0 Å². The summed E-state index contributed by atoms with van der Waals surface area (Å²) in [5.74, 6) is 0.565. The van der Waals surface area contributed by atoms with Gasteiger partial charge in [-0.25, -0.2) is 0 Å². The minimum Gasteiger partial charge on any atom is -0.394 e. The van der Waals surface area contributed by atoms with E-state index in [-0.39, 0.29) is 12.7 Å². The molecule has 0 radical (unpaired) electrons. The summed E-state index contributed by atoms with van der Waals surface area (Å²) in [4.78, 5) is 2.61. The van der Waals surface area contributed by atoms with Crippen LogP contribution in [0.15, 0.2) is 30.3 Å². The Kier molecular flexibility index (Phi) is 6.60. The summed E-state index contributed by atoms with van der Waals surface area (Å²) in [5, 5.41) is 15.1. The minimum absolute atomic E-state index is 0.0763. The lowest BCUT2D eigenvalue weighted by Crippen LogP contribution is -2.56. The van der Waals surface area contributed by atoms with Crippen LogP contribution in [0.25, 0.3) is 0 Å². The second-order valence-electron chi connectivity index (χ2n) is 8.66. The number of ether oxygens (including phenoxy) is 1. The molecule has 1 saturated heterocycles. The number of hydrogen-bond donors (Lipinski definition) is 1. The number of aryl methyl sites for hydroxylation is 2. The number of morpholine rings is 1. The molecule has 1 aliphatic carbocycles. The smallest absolute Gasteiger partial charge is 0.0933 e. The van der Waals surface area contributed by atoms with E-state index in [1.165, 1.54) is 42.6 Å². The van der Waals surface area contributed by atoms with E-state index in [2.05, 4.69) is 30.0 Å². The van der Waals surface area contributed by atoms with Crippen molar-refractivity contribution in [3.63, 3.8) is 0 Å². The zero-order valence-electron chi connectivity index (χ0n) is 17.4. The SMILES string of the molecule is Cc1cc(C2CCC(N3CC(CO)OCC3Cc3ccc(Cl)cc3)CC2)nn1C. The molecule has 2 aliphatic rings. The normalized spacial score (nSPS) is 28.6. The Labute approximate surface area is 178 Å². The first kappa shape index (κ1) is 20.9. The Balaban J connectivity index is 1.42. The summed E-state index contributed by atoms with van der Waals surface area (Å²) >= 11 is 6.05. The van der Waals surface area contributed by atoms with Crippen molar-refractivity contribution in [3.8, 4) is 0 Å². The van der Waals surface area contributed by atoms with Crippen molar-refractivity contribution in [2.45, 2.75) is 63.1 Å². The van der Waals surface area contributed by atoms with Gasteiger partial charge < -0.3 is 9.84 Å². The van der Waals surface area contributed by atoms with Crippen molar-refractivity contribution in [2.75, 3.05) is 19.8 Å². The van der Waals surface area contributed by atoms with E-state index in [9.17, 15) is 5.11 Å². The van der Waals surface area contributed by atoms with Crippen molar-refractivity contribution in [2.24, 2.45) is 7.05 Å². The van der Waals surface area contributed by atoms with Gasteiger partial charge in [0.15, 0.2) is 0 Å². The molecule has 0 spiro atoms. The molecule has 6 heteroatoms. The maximum atomic E-state index is 9.66. The van der Waals surface area contributed by atoms with E-state index in [0.29, 0.717) is 24.6 Å². The molecular weight excluding hydrogens is 386 g/mol. The van der Waals surface area contributed by atoms with Crippen LogP contribution in [0.3, 0.4) is 0 Å². The molecule has 29 heavy (non-hydrogen) atoms. The van der Waals surface area contributed by atoms with E-state index in [4.69, 9.17) is 21.4 Å². The highest BCUT2D eigenvalue weighted by atomic mass is 35.5. The first-order valence-corrected chi connectivity index (χ1v) is 11.1. The lowest BCUT2D eigenvalue weighted by molar-refractivity contribution is -0.0998. The second-order valence-corrected chi connectivity index (χ2v) is 9.10. The molecule has 2 fully saturated rings. The Hall–Kier alpha value is -1.40.